The first kappa shape index (κ1) is 13.6. The highest BCUT2D eigenvalue weighted by molar-refractivity contribution is 9.10. The van der Waals surface area contributed by atoms with E-state index in [1.165, 1.54) is 42.6 Å². The molecule has 0 fully saturated rings. The Hall–Kier alpha value is -1.000. The zero-order valence-corrected chi connectivity index (χ0v) is 15.3. The van der Waals surface area contributed by atoms with Gasteiger partial charge in [0.25, 0.3) is 0 Å². The number of nitrogens with zero attached hydrogens (tertiary/aromatic N) is 2. The summed E-state index contributed by atoms with van der Waals surface area (Å²) in [6.07, 6.45) is 0. The van der Waals surface area contributed by atoms with Crippen molar-refractivity contribution in [1.29, 1.82) is 0 Å². The molecule has 4 heteroatoms. The van der Waals surface area contributed by atoms with Crippen LogP contribution in [0.15, 0.2) is 33.2 Å². The highest BCUT2D eigenvalue weighted by atomic mass is 79.9. The number of anilines is 2. The molecule has 0 N–H and O–H groups in total. The zero-order chi connectivity index (χ0) is 14.7. The average molecular weight is 408 g/mol. The number of hydrogen-bond donors (Lipinski definition) is 0. The van der Waals surface area contributed by atoms with Gasteiger partial charge in [0.05, 0.1) is 6.67 Å². The molecule has 108 valence electrons. The van der Waals surface area contributed by atoms with Gasteiger partial charge in [-0.05, 0) is 42.7 Å². The topological polar surface area (TPSA) is 6.48 Å². The summed E-state index contributed by atoms with van der Waals surface area (Å²) in [5.41, 5.74) is 8.17. The maximum Gasteiger partial charge on any atom is 0.0910 e. The van der Waals surface area contributed by atoms with Gasteiger partial charge < -0.3 is 9.80 Å². The molecule has 0 atom stereocenters. The molecular weight excluding hydrogens is 392 g/mol. The van der Waals surface area contributed by atoms with Gasteiger partial charge in [0.15, 0.2) is 0 Å². The quantitative estimate of drug-likeness (QED) is 0.597. The SMILES string of the molecule is Cc1cc2c(cc1Br)N1Cc3c(ccc(C)c3Br)N(C2)C1. The fraction of sp³-hybridized carbons (Fsp3) is 0.294. The summed E-state index contributed by atoms with van der Waals surface area (Å²) < 4.78 is 2.45. The second-order valence-electron chi connectivity index (χ2n) is 5.96. The molecule has 21 heavy (non-hydrogen) atoms. The summed E-state index contributed by atoms with van der Waals surface area (Å²) in [5.74, 6) is 0. The molecule has 0 saturated heterocycles. The molecule has 0 radical (unpaired) electrons. The van der Waals surface area contributed by atoms with Crippen LogP contribution in [0.2, 0.25) is 0 Å². The van der Waals surface area contributed by atoms with Crippen LogP contribution in [0.1, 0.15) is 22.3 Å². The number of fused-ring (bicyclic) bond motifs is 6. The van der Waals surface area contributed by atoms with Crippen molar-refractivity contribution in [3.63, 3.8) is 0 Å². The van der Waals surface area contributed by atoms with Crippen molar-refractivity contribution < 1.29 is 0 Å². The molecule has 0 unspecified atom stereocenters. The smallest absolute Gasteiger partial charge is 0.0910 e. The lowest BCUT2D eigenvalue weighted by Gasteiger charge is -2.45. The van der Waals surface area contributed by atoms with Crippen molar-refractivity contribution >= 4 is 43.2 Å². The lowest BCUT2D eigenvalue weighted by molar-refractivity contribution is 0.648. The Morgan fingerprint density at radius 1 is 0.905 bits per heavy atom. The van der Waals surface area contributed by atoms with E-state index in [0.29, 0.717) is 0 Å². The minimum absolute atomic E-state index is 0.969. The molecule has 2 aromatic carbocycles. The van der Waals surface area contributed by atoms with Crippen molar-refractivity contribution in [3.05, 3.63) is 55.5 Å². The van der Waals surface area contributed by atoms with Gasteiger partial charge in [-0.2, -0.15) is 0 Å². The van der Waals surface area contributed by atoms with E-state index in [-0.39, 0.29) is 0 Å². The Morgan fingerprint density at radius 3 is 2.48 bits per heavy atom. The fourth-order valence-corrected chi connectivity index (χ4v) is 4.14. The average Bonchev–Trinajstić information content (AvgIpc) is 2.46. The van der Waals surface area contributed by atoms with E-state index in [1.807, 2.05) is 0 Å². The van der Waals surface area contributed by atoms with Gasteiger partial charge in [0.2, 0.25) is 0 Å². The van der Waals surface area contributed by atoms with E-state index in [4.69, 9.17) is 0 Å². The summed E-state index contributed by atoms with van der Waals surface area (Å²) >= 11 is 7.45. The van der Waals surface area contributed by atoms with Gasteiger partial charge in [-0.25, -0.2) is 0 Å². The summed E-state index contributed by atoms with van der Waals surface area (Å²) in [7, 11) is 0. The highest BCUT2D eigenvalue weighted by Crippen LogP contribution is 2.42. The molecule has 0 aliphatic carbocycles. The molecule has 2 bridgehead atoms. The van der Waals surface area contributed by atoms with Crippen LogP contribution in [0.4, 0.5) is 11.4 Å². The van der Waals surface area contributed by atoms with Crippen LogP contribution >= 0.6 is 31.9 Å². The molecule has 0 saturated carbocycles. The summed E-state index contributed by atoms with van der Waals surface area (Å²) in [6.45, 7) is 7.25. The maximum absolute atomic E-state index is 3.78. The number of benzene rings is 2. The molecule has 0 spiro atoms. The molecule has 0 aromatic heterocycles. The Morgan fingerprint density at radius 2 is 1.67 bits per heavy atom. The predicted octanol–water partition coefficient (Wildman–Crippen LogP) is 5.13. The zero-order valence-electron chi connectivity index (χ0n) is 12.1. The molecule has 2 aliphatic rings. The normalized spacial score (nSPS) is 15.8. The molecule has 2 nitrogen and oxygen atoms in total. The summed E-state index contributed by atoms with van der Waals surface area (Å²) in [5, 5.41) is 0. The van der Waals surface area contributed by atoms with Crippen LogP contribution in [-0.2, 0) is 13.1 Å². The summed E-state index contributed by atoms with van der Waals surface area (Å²) in [6, 6.07) is 9.06. The van der Waals surface area contributed by atoms with Crippen molar-refractivity contribution in [2.75, 3.05) is 16.5 Å². The molecular formula is C17H16Br2N2. The lowest BCUT2D eigenvalue weighted by atomic mass is 9.99. The lowest BCUT2D eigenvalue weighted by Crippen LogP contribution is -2.46. The highest BCUT2D eigenvalue weighted by Gasteiger charge is 2.31. The number of hydrogen-bond acceptors (Lipinski definition) is 2. The van der Waals surface area contributed by atoms with Crippen LogP contribution in [-0.4, -0.2) is 6.67 Å². The number of aryl methyl sites for hydroxylation is 2. The Bertz CT molecular complexity index is 755. The van der Waals surface area contributed by atoms with Gasteiger partial charge in [-0.1, -0.05) is 44.0 Å². The monoisotopic (exact) mass is 406 g/mol. The van der Waals surface area contributed by atoms with Gasteiger partial charge >= 0.3 is 0 Å². The molecule has 4 rings (SSSR count). The van der Waals surface area contributed by atoms with Crippen LogP contribution in [0.3, 0.4) is 0 Å². The molecule has 2 aromatic rings. The van der Waals surface area contributed by atoms with Crippen molar-refractivity contribution in [2.24, 2.45) is 0 Å². The van der Waals surface area contributed by atoms with E-state index >= 15 is 0 Å². The van der Waals surface area contributed by atoms with Crippen LogP contribution in [0.5, 0.6) is 0 Å². The van der Waals surface area contributed by atoms with Gasteiger partial charge in [0.1, 0.15) is 0 Å². The van der Waals surface area contributed by atoms with Crippen molar-refractivity contribution in [2.45, 2.75) is 26.9 Å². The molecule has 2 aliphatic heterocycles. The van der Waals surface area contributed by atoms with Crippen LogP contribution < -0.4 is 9.80 Å². The predicted molar refractivity (Wildman–Crippen MR) is 95.0 cm³/mol. The number of rotatable bonds is 0. The third-order valence-corrected chi connectivity index (χ3v) is 6.46. The molecule has 0 amide bonds. The second kappa shape index (κ2) is 4.75. The largest absolute Gasteiger partial charge is 0.349 e. The number of halogens is 2. The maximum atomic E-state index is 3.78. The van der Waals surface area contributed by atoms with Crippen LogP contribution in [0, 0.1) is 13.8 Å². The van der Waals surface area contributed by atoms with Crippen LogP contribution in [0.25, 0.3) is 0 Å². The summed E-state index contributed by atoms with van der Waals surface area (Å²) in [4.78, 5) is 4.94. The standard InChI is InChI=1S/C17H16Br2N2/c1-10-3-4-15-13(17(10)19)8-21-9-20(15)7-12-5-11(2)14(18)6-16(12)21/h3-6H,7-9H2,1-2H3. The Labute approximate surface area is 142 Å². The van der Waals surface area contributed by atoms with E-state index in [9.17, 15) is 0 Å². The fourth-order valence-electron chi connectivity index (χ4n) is 3.35. The molecule has 2 heterocycles. The van der Waals surface area contributed by atoms with Crippen molar-refractivity contribution in [1.82, 2.24) is 0 Å². The van der Waals surface area contributed by atoms with Crippen molar-refractivity contribution in [3.8, 4) is 0 Å². The Kier molecular flexibility index (Phi) is 3.09. The van der Waals surface area contributed by atoms with Gasteiger partial charge in [0, 0.05) is 39.0 Å². The second-order valence-corrected chi connectivity index (χ2v) is 7.61. The first-order valence-electron chi connectivity index (χ1n) is 7.11. The first-order valence-corrected chi connectivity index (χ1v) is 8.70. The Balaban J connectivity index is 1.86. The van der Waals surface area contributed by atoms with E-state index in [2.05, 4.69) is 79.8 Å². The minimum atomic E-state index is 0.969. The third-order valence-electron chi connectivity index (χ3n) is 4.50. The minimum Gasteiger partial charge on any atom is -0.349 e. The third kappa shape index (κ3) is 2.03. The van der Waals surface area contributed by atoms with E-state index in [1.54, 1.807) is 0 Å². The van der Waals surface area contributed by atoms with Gasteiger partial charge in [-0.15, -0.1) is 0 Å². The van der Waals surface area contributed by atoms with Gasteiger partial charge in [-0.3, -0.25) is 0 Å². The van der Waals surface area contributed by atoms with E-state index < -0.39 is 0 Å². The first-order chi connectivity index (χ1) is 10.0. The van der Waals surface area contributed by atoms with E-state index in [0.717, 1.165) is 19.8 Å².